The number of carbonyl (C=O) groups is 1. The van der Waals surface area contributed by atoms with Crippen LogP contribution in [0.3, 0.4) is 0 Å². The van der Waals surface area contributed by atoms with Crippen LogP contribution in [0.4, 0.5) is 0 Å². The van der Waals surface area contributed by atoms with Crippen LogP contribution in [0.2, 0.25) is 0 Å². The Morgan fingerprint density at radius 2 is 2.25 bits per heavy atom. The number of rotatable bonds is 11. The predicted molar refractivity (Wildman–Crippen MR) is 75.3 cm³/mol. The second-order valence-electron chi connectivity index (χ2n) is 4.43. The van der Waals surface area contributed by atoms with E-state index in [2.05, 4.69) is 10.6 Å². The van der Waals surface area contributed by atoms with Crippen molar-refractivity contribution in [3.8, 4) is 0 Å². The maximum atomic E-state index is 11.8. The summed E-state index contributed by atoms with van der Waals surface area (Å²) >= 11 is 0. The van der Waals surface area contributed by atoms with Gasteiger partial charge in [-0.3, -0.25) is 4.79 Å². The van der Waals surface area contributed by atoms with Crippen molar-refractivity contribution in [2.24, 2.45) is 0 Å². The van der Waals surface area contributed by atoms with Crippen molar-refractivity contribution in [2.75, 3.05) is 33.5 Å². The Balaban J connectivity index is 2.00. The molecule has 0 aliphatic rings. The van der Waals surface area contributed by atoms with Gasteiger partial charge in [-0.05, 0) is 32.0 Å². The van der Waals surface area contributed by atoms with E-state index in [1.54, 1.807) is 19.4 Å². The highest BCUT2D eigenvalue weighted by Gasteiger charge is 2.11. The van der Waals surface area contributed by atoms with Gasteiger partial charge in [-0.25, -0.2) is 0 Å². The summed E-state index contributed by atoms with van der Waals surface area (Å²) in [5.41, 5.74) is 0. The molecule has 6 nitrogen and oxygen atoms in total. The van der Waals surface area contributed by atoms with Crippen molar-refractivity contribution >= 4 is 5.91 Å². The zero-order valence-electron chi connectivity index (χ0n) is 12.2. The lowest BCUT2D eigenvalue weighted by molar-refractivity contribution is -0.123. The van der Waals surface area contributed by atoms with Crippen LogP contribution in [0.1, 0.15) is 19.1 Å². The van der Waals surface area contributed by atoms with E-state index in [9.17, 15) is 4.79 Å². The molecule has 0 aliphatic heterocycles. The lowest BCUT2D eigenvalue weighted by Gasteiger charge is -2.13. The number of hydrogen-bond donors (Lipinski definition) is 2. The third-order valence-corrected chi connectivity index (χ3v) is 2.76. The summed E-state index contributed by atoms with van der Waals surface area (Å²) in [5.74, 6) is 0.707. The van der Waals surface area contributed by atoms with Crippen molar-refractivity contribution < 1.29 is 18.7 Å². The van der Waals surface area contributed by atoms with Crippen LogP contribution in [-0.4, -0.2) is 45.4 Å². The molecule has 0 saturated heterocycles. The standard InChI is InChI=1S/C14H24N2O4/c1-12(15-6-4-7-19-10-9-18-2)14(17)16-11-13-5-3-8-20-13/h3,5,8,12,15H,4,6-7,9-11H2,1-2H3,(H,16,17). The summed E-state index contributed by atoms with van der Waals surface area (Å²) in [6, 6.07) is 3.39. The topological polar surface area (TPSA) is 72.7 Å². The highest BCUT2D eigenvalue weighted by molar-refractivity contribution is 5.81. The van der Waals surface area contributed by atoms with Crippen molar-refractivity contribution in [3.63, 3.8) is 0 Å². The van der Waals surface area contributed by atoms with Gasteiger partial charge in [0.1, 0.15) is 5.76 Å². The Labute approximate surface area is 119 Å². The smallest absolute Gasteiger partial charge is 0.237 e. The average Bonchev–Trinajstić information content (AvgIpc) is 2.96. The fraction of sp³-hybridized carbons (Fsp3) is 0.643. The lowest BCUT2D eigenvalue weighted by Crippen LogP contribution is -2.42. The molecule has 1 aromatic heterocycles. The summed E-state index contributed by atoms with van der Waals surface area (Å²) in [7, 11) is 1.65. The van der Waals surface area contributed by atoms with E-state index in [1.165, 1.54) is 0 Å². The molecule has 1 atom stereocenters. The molecule has 6 heteroatoms. The van der Waals surface area contributed by atoms with Crippen molar-refractivity contribution in [1.29, 1.82) is 0 Å². The SMILES string of the molecule is COCCOCCCNC(C)C(=O)NCc1ccco1. The normalized spacial score (nSPS) is 12.3. The second kappa shape index (κ2) is 10.4. The number of furan rings is 1. The van der Waals surface area contributed by atoms with Crippen LogP contribution in [0, 0.1) is 0 Å². The first-order valence-corrected chi connectivity index (χ1v) is 6.84. The fourth-order valence-electron chi connectivity index (χ4n) is 1.57. The molecule has 1 aromatic rings. The van der Waals surface area contributed by atoms with E-state index in [0.29, 0.717) is 26.4 Å². The van der Waals surface area contributed by atoms with Gasteiger partial charge in [0.05, 0.1) is 32.1 Å². The first-order valence-electron chi connectivity index (χ1n) is 6.84. The van der Waals surface area contributed by atoms with Gasteiger partial charge in [0.25, 0.3) is 0 Å². The molecule has 0 saturated carbocycles. The van der Waals surface area contributed by atoms with E-state index < -0.39 is 0 Å². The molecule has 114 valence electrons. The number of methoxy groups -OCH3 is 1. The summed E-state index contributed by atoms with van der Waals surface area (Å²) in [4.78, 5) is 11.8. The Morgan fingerprint density at radius 1 is 1.40 bits per heavy atom. The number of hydrogen-bond acceptors (Lipinski definition) is 5. The third-order valence-electron chi connectivity index (χ3n) is 2.76. The highest BCUT2D eigenvalue weighted by atomic mass is 16.5. The van der Waals surface area contributed by atoms with E-state index >= 15 is 0 Å². The maximum absolute atomic E-state index is 11.8. The quantitative estimate of drug-likeness (QED) is 0.591. The molecule has 1 unspecified atom stereocenters. The van der Waals surface area contributed by atoms with Gasteiger partial charge in [0, 0.05) is 13.7 Å². The van der Waals surface area contributed by atoms with Gasteiger partial charge >= 0.3 is 0 Å². The summed E-state index contributed by atoms with van der Waals surface area (Å²) in [6.45, 7) is 4.87. The van der Waals surface area contributed by atoms with E-state index in [-0.39, 0.29) is 11.9 Å². The molecule has 20 heavy (non-hydrogen) atoms. The van der Waals surface area contributed by atoms with E-state index in [0.717, 1.165) is 18.7 Å². The first kappa shape index (κ1) is 16.7. The van der Waals surface area contributed by atoms with Crippen molar-refractivity contribution in [3.05, 3.63) is 24.2 Å². The van der Waals surface area contributed by atoms with Gasteiger partial charge in [-0.15, -0.1) is 0 Å². The van der Waals surface area contributed by atoms with E-state index in [4.69, 9.17) is 13.9 Å². The van der Waals surface area contributed by atoms with Crippen LogP contribution in [-0.2, 0) is 20.8 Å². The number of carbonyl (C=O) groups excluding carboxylic acids is 1. The van der Waals surface area contributed by atoms with Crippen molar-refractivity contribution in [1.82, 2.24) is 10.6 Å². The maximum Gasteiger partial charge on any atom is 0.237 e. The Hall–Kier alpha value is -1.37. The van der Waals surface area contributed by atoms with Crippen LogP contribution in [0.5, 0.6) is 0 Å². The summed E-state index contributed by atoms with van der Waals surface area (Å²) in [6.07, 6.45) is 2.45. The van der Waals surface area contributed by atoms with Crippen molar-refractivity contribution in [2.45, 2.75) is 25.9 Å². The Bertz CT molecular complexity index is 354. The first-order chi connectivity index (χ1) is 9.74. The lowest BCUT2D eigenvalue weighted by atomic mass is 10.3. The Morgan fingerprint density at radius 3 is 2.95 bits per heavy atom. The van der Waals surface area contributed by atoms with Gasteiger partial charge in [0.15, 0.2) is 0 Å². The fourth-order valence-corrected chi connectivity index (χ4v) is 1.57. The van der Waals surface area contributed by atoms with Crippen LogP contribution < -0.4 is 10.6 Å². The van der Waals surface area contributed by atoms with E-state index in [1.807, 2.05) is 13.0 Å². The average molecular weight is 284 g/mol. The largest absolute Gasteiger partial charge is 0.467 e. The van der Waals surface area contributed by atoms with Gasteiger partial charge in [0.2, 0.25) is 5.91 Å². The molecule has 1 amide bonds. The van der Waals surface area contributed by atoms with Gasteiger partial charge in [-0.2, -0.15) is 0 Å². The molecular formula is C14H24N2O4. The minimum absolute atomic E-state index is 0.0401. The third kappa shape index (κ3) is 7.28. The number of amides is 1. The second-order valence-corrected chi connectivity index (χ2v) is 4.43. The molecule has 2 N–H and O–H groups in total. The molecule has 0 spiro atoms. The molecule has 0 fully saturated rings. The minimum Gasteiger partial charge on any atom is -0.467 e. The van der Waals surface area contributed by atoms with Crippen LogP contribution in [0.25, 0.3) is 0 Å². The number of ether oxygens (including phenoxy) is 2. The number of nitrogens with one attached hydrogen (secondary N) is 2. The highest BCUT2D eigenvalue weighted by Crippen LogP contribution is 1.98. The van der Waals surface area contributed by atoms with Gasteiger partial charge < -0.3 is 24.5 Å². The molecule has 0 bridgehead atoms. The molecule has 1 rings (SSSR count). The summed E-state index contributed by atoms with van der Waals surface area (Å²) < 4.78 is 15.4. The zero-order chi connectivity index (χ0) is 14.6. The monoisotopic (exact) mass is 284 g/mol. The Kier molecular flexibility index (Phi) is 8.69. The van der Waals surface area contributed by atoms with Crippen LogP contribution in [0.15, 0.2) is 22.8 Å². The predicted octanol–water partition coefficient (Wildman–Crippen LogP) is 0.927. The molecule has 1 heterocycles. The molecule has 0 aromatic carbocycles. The molecule has 0 radical (unpaired) electrons. The summed E-state index contributed by atoms with van der Waals surface area (Å²) in [5, 5.41) is 5.96. The molecular weight excluding hydrogens is 260 g/mol. The molecule has 0 aliphatic carbocycles. The van der Waals surface area contributed by atoms with Crippen LogP contribution >= 0.6 is 0 Å². The minimum atomic E-state index is -0.232. The zero-order valence-corrected chi connectivity index (χ0v) is 12.2. The van der Waals surface area contributed by atoms with Gasteiger partial charge in [-0.1, -0.05) is 0 Å².